The number of hydrogen-bond acceptors (Lipinski definition) is 2. The first-order chi connectivity index (χ1) is 11.8. The van der Waals surface area contributed by atoms with Crippen LogP contribution in [-0.2, 0) is 6.42 Å². The monoisotopic (exact) mass is 317 g/mol. The van der Waals surface area contributed by atoms with Crippen molar-refractivity contribution in [2.45, 2.75) is 13.3 Å². The third kappa shape index (κ3) is 2.36. The van der Waals surface area contributed by atoms with Gasteiger partial charge in [-0.25, -0.2) is 8.91 Å². The van der Waals surface area contributed by atoms with Crippen LogP contribution in [0, 0.1) is 5.82 Å². The Labute approximate surface area is 139 Å². The van der Waals surface area contributed by atoms with Crippen molar-refractivity contribution in [2.24, 2.45) is 0 Å². The second-order valence-electron chi connectivity index (χ2n) is 5.63. The summed E-state index contributed by atoms with van der Waals surface area (Å²) >= 11 is 0. The number of fused-ring (bicyclic) bond motifs is 1. The minimum absolute atomic E-state index is 0.248. The Morgan fingerprint density at radius 1 is 0.917 bits per heavy atom. The largest absolute Gasteiger partial charge is 0.265 e. The summed E-state index contributed by atoms with van der Waals surface area (Å²) in [6, 6.07) is 16.6. The van der Waals surface area contributed by atoms with Crippen molar-refractivity contribution in [3.05, 3.63) is 78.5 Å². The van der Waals surface area contributed by atoms with Crippen molar-refractivity contribution in [1.82, 2.24) is 14.6 Å². The first-order valence-corrected chi connectivity index (χ1v) is 7.95. The molecule has 0 atom stereocenters. The van der Waals surface area contributed by atoms with Crippen molar-refractivity contribution in [2.75, 3.05) is 0 Å². The van der Waals surface area contributed by atoms with Crippen LogP contribution in [0.1, 0.15) is 12.6 Å². The van der Waals surface area contributed by atoms with Crippen LogP contribution in [0.25, 0.3) is 27.9 Å². The third-order valence-corrected chi connectivity index (χ3v) is 4.18. The van der Waals surface area contributed by atoms with E-state index in [-0.39, 0.29) is 5.82 Å². The van der Waals surface area contributed by atoms with Gasteiger partial charge in [-0.05, 0) is 60.5 Å². The molecule has 0 aliphatic rings. The van der Waals surface area contributed by atoms with Crippen LogP contribution in [0.5, 0.6) is 0 Å². The standard InChI is InChI=1S/C20H16FN3/c1-2-17-4-3-5-18-19(14-10-12-22-13-11-14)20(23-24(17)18)15-6-8-16(21)9-7-15/h3-13H,2H2,1H3. The molecule has 0 fully saturated rings. The van der Waals surface area contributed by atoms with Gasteiger partial charge in [0.05, 0.1) is 5.52 Å². The first-order valence-electron chi connectivity index (χ1n) is 7.95. The van der Waals surface area contributed by atoms with E-state index in [0.717, 1.165) is 40.0 Å². The van der Waals surface area contributed by atoms with Gasteiger partial charge in [0.25, 0.3) is 0 Å². The van der Waals surface area contributed by atoms with E-state index >= 15 is 0 Å². The molecule has 0 bridgehead atoms. The number of nitrogens with zero attached hydrogens (tertiary/aromatic N) is 3. The van der Waals surface area contributed by atoms with Crippen molar-refractivity contribution in [1.29, 1.82) is 0 Å². The predicted octanol–water partition coefficient (Wildman–Crippen LogP) is 4.76. The third-order valence-electron chi connectivity index (χ3n) is 4.18. The molecule has 0 saturated carbocycles. The Morgan fingerprint density at radius 3 is 2.38 bits per heavy atom. The Hall–Kier alpha value is -3.01. The molecule has 118 valence electrons. The van der Waals surface area contributed by atoms with Gasteiger partial charge in [0.15, 0.2) is 0 Å². The van der Waals surface area contributed by atoms with E-state index in [1.165, 1.54) is 12.1 Å². The lowest BCUT2D eigenvalue weighted by molar-refractivity contribution is 0.628. The number of aromatic nitrogens is 3. The maximum atomic E-state index is 13.3. The second kappa shape index (κ2) is 5.89. The Balaban J connectivity index is 2.06. The van der Waals surface area contributed by atoms with Crippen LogP contribution in [0.4, 0.5) is 4.39 Å². The zero-order chi connectivity index (χ0) is 16.5. The average Bonchev–Trinajstić information content (AvgIpc) is 3.02. The maximum Gasteiger partial charge on any atom is 0.123 e. The molecule has 4 rings (SSSR count). The van der Waals surface area contributed by atoms with Crippen LogP contribution in [0.2, 0.25) is 0 Å². The van der Waals surface area contributed by atoms with Gasteiger partial charge < -0.3 is 0 Å². The van der Waals surface area contributed by atoms with Gasteiger partial charge in [-0.2, -0.15) is 5.10 Å². The molecule has 4 heteroatoms. The van der Waals surface area contributed by atoms with E-state index in [2.05, 4.69) is 30.1 Å². The Kier molecular flexibility index (Phi) is 3.58. The van der Waals surface area contributed by atoms with E-state index in [1.807, 2.05) is 16.6 Å². The van der Waals surface area contributed by atoms with Gasteiger partial charge in [0, 0.05) is 29.2 Å². The van der Waals surface area contributed by atoms with Gasteiger partial charge in [0.2, 0.25) is 0 Å². The van der Waals surface area contributed by atoms with Crippen LogP contribution in [0.3, 0.4) is 0 Å². The molecule has 0 aliphatic heterocycles. The molecule has 0 radical (unpaired) electrons. The summed E-state index contributed by atoms with van der Waals surface area (Å²) in [5, 5.41) is 4.83. The number of pyridine rings is 2. The summed E-state index contributed by atoms with van der Waals surface area (Å²) in [5.74, 6) is -0.248. The van der Waals surface area contributed by atoms with Crippen molar-refractivity contribution < 1.29 is 4.39 Å². The minimum Gasteiger partial charge on any atom is -0.265 e. The topological polar surface area (TPSA) is 30.2 Å². The molecule has 3 heterocycles. The number of benzene rings is 1. The van der Waals surface area contributed by atoms with Crippen LogP contribution >= 0.6 is 0 Å². The highest BCUT2D eigenvalue weighted by Crippen LogP contribution is 2.35. The van der Waals surface area contributed by atoms with E-state index in [4.69, 9.17) is 5.10 Å². The number of hydrogen-bond donors (Lipinski definition) is 0. The summed E-state index contributed by atoms with van der Waals surface area (Å²) in [4.78, 5) is 4.11. The lowest BCUT2D eigenvalue weighted by atomic mass is 10.0. The molecule has 1 aromatic carbocycles. The first kappa shape index (κ1) is 14.6. The zero-order valence-corrected chi connectivity index (χ0v) is 13.3. The molecule has 0 amide bonds. The highest BCUT2D eigenvalue weighted by Gasteiger charge is 2.17. The van der Waals surface area contributed by atoms with E-state index in [9.17, 15) is 4.39 Å². The summed E-state index contributed by atoms with van der Waals surface area (Å²) in [5.41, 5.74) is 6.01. The average molecular weight is 317 g/mol. The summed E-state index contributed by atoms with van der Waals surface area (Å²) < 4.78 is 15.3. The van der Waals surface area contributed by atoms with Gasteiger partial charge in [0.1, 0.15) is 11.5 Å². The zero-order valence-electron chi connectivity index (χ0n) is 13.3. The molecule has 0 unspecified atom stereocenters. The van der Waals surface area contributed by atoms with Gasteiger partial charge in [-0.15, -0.1) is 0 Å². The van der Waals surface area contributed by atoms with Gasteiger partial charge >= 0.3 is 0 Å². The Morgan fingerprint density at radius 2 is 1.67 bits per heavy atom. The lowest BCUT2D eigenvalue weighted by Crippen LogP contribution is -1.96. The number of halogens is 1. The van der Waals surface area contributed by atoms with Crippen molar-refractivity contribution in [3.8, 4) is 22.4 Å². The second-order valence-corrected chi connectivity index (χ2v) is 5.63. The van der Waals surface area contributed by atoms with Crippen molar-refractivity contribution >= 4 is 5.52 Å². The van der Waals surface area contributed by atoms with Crippen LogP contribution in [0.15, 0.2) is 67.0 Å². The molecule has 0 spiro atoms. The molecule has 24 heavy (non-hydrogen) atoms. The molecule has 4 aromatic rings. The highest BCUT2D eigenvalue weighted by atomic mass is 19.1. The fraction of sp³-hybridized carbons (Fsp3) is 0.100. The number of rotatable bonds is 3. The maximum absolute atomic E-state index is 13.3. The molecule has 0 aliphatic carbocycles. The quantitative estimate of drug-likeness (QED) is 0.545. The smallest absolute Gasteiger partial charge is 0.123 e. The normalized spacial score (nSPS) is 11.1. The van der Waals surface area contributed by atoms with Crippen LogP contribution in [-0.4, -0.2) is 14.6 Å². The van der Waals surface area contributed by atoms with E-state index in [1.54, 1.807) is 24.5 Å². The SMILES string of the molecule is CCc1cccc2c(-c3ccncc3)c(-c3ccc(F)cc3)nn12. The minimum atomic E-state index is -0.248. The molecule has 3 aromatic heterocycles. The van der Waals surface area contributed by atoms with Gasteiger partial charge in [-0.1, -0.05) is 13.0 Å². The van der Waals surface area contributed by atoms with E-state index in [0.29, 0.717) is 0 Å². The fourth-order valence-corrected chi connectivity index (χ4v) is 3.01. The molecule has 0 N–H and O–H groups in total. The number of aryl methyl sites for hydroxylation is 1. The van der Waals surface area contributed by atoms with Crippen molar-refractivity contribution in [3.63, 3.8) is 0 Å². The lowest BCUT2D eigenvalue weighted by Gasteiger charge is -2.04. The molecular weight excluding hydrogens is 301 g/mol. The van der Waals surface area contributed by atoms with Crippen LogP contribution < -0.4 is 0 Å². The van der Waals surface area contributed by atoms with Gasteiger partial charge in [-0.3, -0.25) is 4.98 Å². The fourth-order valence-electron chi connectivity index (χ4n) is 3.01. The molecular formula is C20H16FN3. The molecule has 0 saturated heterocycles. The Bertz CT molecular complexity index is 989. The highest BCUT2D eigenvalue weighted by molar-refractivity contribution is 5.92. The summed E-state index contributed by atoms with van der Waals surface area (Å²) in [7, 11) is 0. The summed E-state index contributed by atoms with van der Waals surface area (Å²) in [6.45, 7) is 2.11. The van der Waals surface area contributed by atoms with E-state index < -0.39 is 0 Å². The summed E-state index contributed by atoms with van der Waals surface area (Å²) in [6.07, 6.45) is 4.44. The molecule has 3 nitrogen and oxygen atoms in total. The predicted molar refractivity (Wildman–Crippen MR) is 93.2 cm³/mol.